The fourth-order valence-electron chi connectivity index (χ4n) is 4.15. The van der Waals surface area contributed by atoms with Gasteiger partial charge in [0.25, 0.3) is 0 Å². The molecule has 3 rings (SSSR count). The van der Waals surface area contributed by atoms with Crippen LogP contribution in [0.25, 0.3) is 0 Å². The first-order chi connectivity index (χ1) is 13.4. The van der Waals surface area contributed by atoms with Crippen LogP contribution in [0.4, 0.5) is 0 Å². The number of carbonyl (C=O) groups is 1. The number of aryl methyl sites for hydroxylation is 1. The zero-order valence-electron chi connectivity index (χ0n) is 16.9. The molecule has 1 aromatic carbocycles. The molecule has 0 aliphatic carbocycles. The summed E-state index contributed by atoms with van der Waals surface area (Å²) in [6, 6.07) is 7.18. The molecular formula is C20H32N4O3S. The van der Waals surface area contributed by atoms with E-state index in [0.717, 1.165) is 39.0 Å². The maximum atomic E-state index is 13.5. The number of hydrogen-bond donors (Lipinski definition) is 1. The molecular weight excluding hydrogens is 376 g/mol. The summed E-state index contributed by atoms with van der Waals surface area (Å²) in [6.07, 6.45) is 2.04. The van der Waals surface area contributed by atoms with Crippen LogP contribution in [0.3, 0.4) is 0 Å². The van der Waals surface area contributed by atoms with Crippen LogP contribution in [0, 0.1) is 6.92 Å². The van der Waals surface area contributed by atoms with Gasteiger partial charge in [0.2, 0.25) is 15.9 Å². The van der Waals surface area contributed by atoms with Crippen molar-refractivity contribution in [2.24, 2.45) is 0 Å². The van der Waals surface area contributed by atoms with Crippen LogP contribution in [-0.2, 0) is 14.8 Å². The molecule has 0 aromatic heterocycles. The summed E-state index contributed by atoms with van der Waals surface area (Å²) in [5.41, 5.74) is 0.709. The Balaban J connectivity index is 1.85. The van der Waals surface area contributed by atoms with Gasteiger partial charge in [-0.15, -0.1) is 0 Å². The molecule has 2 fully saturated rings. The lowest BCUT2D eigenvalue weighted by Gasteiger charge is -2.33. The molecule has 8 heteroatoms. The Morgan fingerprint density at radius 3 is 2.61 bits per heavy atom. The fourth-order valence-corrected chi connectivity index (χ4v) is 5.80. The van der Waals surface area contributed by atoms with E-state index in [-0.39, 0.29) is 18.5 Å². The number of nitrogens with one attached hydrogen (secondary N) is 1. The summed E-state index contributed by atoms with van der Waals surface area (Å²) in [5, 5.41) is 3.23. The van der Waals surface area contributed by atoms with Crippen LogP contribution in [-0.4, -0.2) is 86.8 Å². The van der Waals surface area contributed by atoms with Crippen molar-refractivity contribution in [3.8, 4) is 0 Å². The highest BCUT2D eigenvalue weighted by Crippen LogP contribution is 2.24. The van der Waals surface area contributed by atoms with Gasteiger partial charge in [0.1, 0.15) is 0 Å². The molecule has 0 spiro atoms. The Morgan fingerprint density at radius 2 is 1.93 bits per heavy atom. The number of amides is 1. The number of likely N-dealkylation sites (tertiary alicyclic amines) is 1. The average molecular weight is 409 g/mol. The Hall–Kier alpha value is -1.48. The molecule has 2 aliphatic rings. The van der Waals surface area contributed by atoms with Crippen LogP contribution < -0.4 is 5.32 Å². The highest BCUT2D eigenvalue weighted by molar-refractivity contribution is 7.89. The van der Waals surface area contributed by atoms with Crippen molar-refractivity contribution in [2.75, 3.05) is 52.4 Å². The largest absolute Gasteiger partial charge is 0.339 e. The number of likely N-dealkylation sites (N-methyl/N-ethyl adjacent to an activating group) is 1. The summed E-state index contributed by atoms with van der Waals surface area (Å²) in [7, 11) is -3.74. The Labute approximate surface area is 168 Å². The topological polar surface area (TPSA) is 73.0 Å². The third-order valence-electron chi connectivity index (χ3n) is 5.81. The SMILES string of the molecule is CCN1CCC[C@H]1CN(CC(=O)N1CCNCC1)S(=O)(=O)c1ccccc1C. The molecule has 28 heavy (non-hydrogen) atoms. The van der Waals surface area contributed by atoms with Gasteiger partial charge in [0.15, 0.2) is 0 Å². The molecule has 0 radical (unpaired) electrons. The van der Waals surface area contributed by atoms with Crippen molar-refractivity contribution in [3.05, 3.63) is 29.8 Å². The van der Waals surface area contributed by atoms with E-state index in [1.54, 1.807) is 30.0 Å². The Kier molecular flexibility index (Phi) is 7.09. The minimum absolute atomic E-state index is 0.0925. The van der Waals surface area contributed by atoms with Gasteiger partial charge in [0.05, 0.1) is 11.4 Å². The normalized spacial score (nSPS) is 21.4. The minimum Gasteiger partial charge on any atom is -0.339 e. The Bertz CT molecular complexity index is 777. The number of carbonyl (C=O) groups excluding carboxylic acids is 1. The van der Waals surface area contributed by atoms with Crippen molar-refractivity contribution in [2.45, 2.75) is 37.6 Å². The number of rotatable bonds is 7. The van der Waals surface area contributed by atoms with Crippen molar-refractivity contribution >= 4 is 15.9 Å². The number of sulfonamides is 1. The first kappa shape index (κ1) is 21.2. The molecule has 0 bridgehead atoms. The molecule has 7 nitrogen and oxygen atoms in total. The number of benzene rings is 1. The molecule has 1 N–H and O–H groups in total. The standard InChI is InChI=1S/C20H32N4O3S/c1-3-22-12-6-8-18(22)15-24(16-20(25)23-13-10-21-11-14-23)28(26,27)19-9-5-4-7-17(19)2/h4-5,7,9,18,21H,3,6,8,10-16H2,1-2H3/t18-/m0/s1. The average Bonchev–Trinajstić information content (AvgIpc) is 3.15. The summed E-state index contributed by atoms with van der Waals surface area (Å²) >= 11 is 0. The van der Waals surface area contributed by atoms with Crippen molar-refractivity contribution in [3.63, 3.8) is 0 Å². The third-order valence-corrected chi connectivity index (χ3v) is 7.78. The predicted molar refractivity (Wildman–Crippen MR) is 110 cm³/mol. The highest BCUT2D eigenvalue weighted by atomic mass is 32.2. The molecule has 2 saturated heterocycles. The van der Waals surface area contributed by atoms with Crippen LogP contribution in [0.5, 0.6) is 0 Å². The van der Waals surface area contributed by atoms with Gasteiger partial charge >= 0.3 is 0 Å². The Morgan fingerprint density at radius 1 is 1.21 bits per heavy atom. The van der Waals surface area contributed by atoms with Gasteiger partial charge in [-0.05, 0) is 44.5 Å². The van der Waals surface area contributed by atoms with Crippen molar-refractivity contribution < 1.29 is 13.2 Å². The van der Waals surface area contributed by atoms with E-state index >= 15 is 0 Å². The quantitative estimate of drug-likeness (QED) is 0.726. The van der Waals surface area contributed by atoms with Gasteiger partial charge in [-0.3, -0.25) is 9.69 Å². The number of hydrogen-bond acceptors (Lipinski definition) is 5. The second-order valence-corrected chi connectivity index (χ2v) is 9.52. The zero-order valence-corrected chi connectivity index (χ0v) is 17.7. The maximum absolute atomic E-state index is 13.5. The van der Waals surface area contributed by atoms with Gasteiger partial charge in [-0.2, -0.15) is 4.31 Å². The molecule has 1 amide bonds. The zero-order chi connectivity index (χ0) is 20.1. The monoisotopic (exact) mass is 408 g/mol. The highest BCUT2D eigenvalue weighted by Gasteiger charge is 2.34. The van der Waals surface area contributed by atoms with Gasteiger partial charge < -0.3 is 10.2 Å². The van der Waals surface area contributed by atoms with Gasteiger partial charge in [0, 0.05) is 38.8 Å². The molecule has 2 heterocycles. The minimum atomic E-state index is -3.74. The lowest BCUT2D eigenvalue weighted by atomic mass is 10.2. The first-order valence-corrected chi connectivity index (χ1v) is 11.7. The molecule has 0 unspecified atom stereocenters. The lowest BCUT2D eigenvalue weighted by molar-refractivity contribution is -0.132. The van der Waals surface area contributed by atoms with Gasteiger partial charge in [-0.25, -0.2) is 8.42 Å². The van der Waals surface area contributed by atoms with Crippen LogP contribution in [0.2, 0.25) is 0 Å². The van der Waals surface area contributed by atoms with E-state index in [0.29, 0.717) is 30.1 Å². The smallest absolute Gasteiger partial charge is 0.243 e. The van der Waals surface area contributed by atoms with E-state index < -0.39 is 10.0 Å². The molecule has 1 atom stereocenters. The number of nitrogens with zero attached hydrogens (tertiary/aromatic N) is 3. The summed E-state index contributed by atoms with van der Waals surface area (Å²) < 4.78 is 28.4. The van der Waals surface area contributed by atoms with Gasteiger partial charge in [-0.1, -0.05) is 25.1 Å². The van der Waals surface area contributed by atoms with E-state index in [2.05, 4.69) is 17.1 Å². The van der Waals surface area contributed by atoms with Crippen molar-refractivity contribution in [1.82, 2.24) is 19.4 Å². The summed E-state index contributed by atoms with van der Waals surface area (Å²) in [4.78, 5) is 17.3. The lowest BCUT2D eigenvalue weighted by Crippen LogP contribution is -2.52. The summed E-state index contributed by atoms with van der Waals surface area (Å²) in [6.45, 7) is 8.82. The van der Waals surface area contributed by atoms with Crippen LogP contribution in [0.1, 0.15) is 25.3 Å². The first-order valence-electron chi connectivity index (χ1n) is 10.2. The third kappa shape index (κ3) is 4.74. The second-order valence-electron chi connectivity index (χ2n) is 7.62. The molecule has 156 valence electrons. The predicted octanol–water partition coefficient (Wildman–Crippen LogP) is 0.902. The molecule has 0 saturated carbocycles. The molecule has 1 aromatic rings. The fraction of sp³-hybridized carbons (Fsp3) is 0.650. The van der Waals surface area contributed by atoms with Crippen molar-refractivity contribution in [1.29, 1.82) is 0 Å². The number of piperazine rings is 1. The van der Waals surface area contributed by atoms with E-state index in [1.165, 1.54) is 4.31 Å². The molecule has 2 aliphatic heterocycles. The second kappa shape index (κ2) is 9.35. The van der Waals surface area contributed by atoms with Crippen LogP contribution in [0.15, 0.2) is 29.2 Å². The maximum Gasteiger partial charge on any atom is 0.243 e. The van der Waals surface area contributed by atoms with E-state index in [9.17, 15) is 13.2 Å². The van der Waals surface area contributed by atoms with E-state index in [1.807, 2.05) is 6.07 Å². The summed E-state index contributed by atoms with van der Waals surface area (Å²) in [5.74, 6) is -0.111. The van der Waals surface area contributed by atoms with E-state index in [4.69, 9.17) is 0 Å². The van der Waals surface area contributed by atoms with Crippen LogP contribution >= 0.6 is 0 Å².